The van der Waals surface area contributed by atoms with Crippen LogP contribution in [0.3, 0.4) is 0 Å². The minimum atomic E-state index is -0.622. The number of hydrogen-bond donors (Lipinski definition) is 0. The van der Waals surface area contributed by atoms with E-state index in [1.165, 1.54) is 21.9 Å². The Kier molecular flexibility index (Phi) is 6.45. The molecular weight excluding hydrogens is 524 g/mol. The third kappa shape index (κ3) is 4.31. The maximum Gasteiger partial charge on any atom is 0.217 e. The first kappa shape index (κ1) is 24.1. The van der Waals surface area contributed by atoms with E-state index in [0.717, 1.165) is 33.9 Å². The molecule has 37 heavy (non-hydrogen) atoms. The van der Waals surface area contributed by atoms with E-state index in [-0.39, 0.29) is 5.92 Å². The molecule has 2 heterocycles. The highest BCUT2D eigenvalue weighted by Crippen LogP contribution is 2.52. The van der Waals surface area contributed by atoms with Crippen molar-refractivity contribution in [1.82, 2.24) is 9.88 Å². The van der Waals surface area contributed by atoms with Crippen LogP contribution in [0.1, 0.15) is 29.0 Å². The number of halogens is 1. The Morgan fingerprint density at radius 2 is 1.70 bits per heavy atom. The Hall–Kier alpha value is -3.25. The number of aromatic nitrogens is 1. The number of methoxy groups -OCH3 is 1. The molecule has 0 N–H and O–H groups in total. The molecule has 0 bridgehead atoms. The lowest BCUT2D eigenvalue weighted by atomic mass is 9.70. The zero-order valence-corrected chi connectivity index (χ0v) is 22.6. The van der Waals surface area contributed by atoms with Gasteiger partial charge in [0.25, 0.3) is 0 Å². The zero-order valence-electron chi connectivity index (χ0n) is 21.0. The van der Waals surface area contributed by atoms with Gasteiger partial charge in [-0.2, -0.15) is 0 Å². The van der Waals surface area contributed by atoms with Crippen molar-refractivity contribution >= 4 is 37.6 Å². The molecule has 1 saturated heterocycles. The third-order valence-electron chi connectivity index (χ3n) is 7.53. The van der Waals surface area contributed by atoms with Gasteiger partial charge in [0.2, 0.25) is 5.88 Å². The summed E-state index contributed by atoms with van der Waals surface area (Å²) in [5.41, 5.74) is 3.68. The molecule has 0 saturated carbocycles. The lowest BCUT2D eigenvalue weighted by Gasteiger charge is -2.47. The molecule has 1 aliphatic heterocycles. The molecule has 5 heteroatoms. The lowest BCUT2D eigenvalue weighted by molar-refractivity contribution is -0.145. The zero-order chi connectivity index (χ0) is 25.4. The van der Waals surface area contributed by atoms with Gasteiger partial charge < -0.3 is 9.47 Å². The first-order valence-electron chi connectivity index (χ1n) is 12.6. The van der Waals surface area contributed by atoms with Crippen LogP contribution < -0.4 is 4.74 Å². The first-order valence-corrected chi connectivity index (χ1v) is 13.4. The summed E-state index contributed by atoms with van der Waals surface area (Å²) in [7, 11) is 3.82. The van der Waals surface area contributed by atoms with Crippen molar-refractivity contribution in [3.63, 3.8) is 0 Å². The van der Waals surface area contributed by atoms with Crippen LogP contribution in [0.15, 0.2) is 102 Å². The standard InChI is InChI=1S/C32H29BrN2O2/c1-35-18-17-32(37-21-35,28-14-8-12-22-9-6-7-13-26(22)28)30(23-10-4-3-5-11-23)27-20-24-19-25(33)15-16-29(24)34-31(27)36-2/h3-16,19-20,30H,17-18,21H2,1-2H3/t30-,32+/m1/s1. The summed E-state index contributed by atoms with van der Waals surface area (Å²) in [6.45, 7) is 1.46. The Balaban J connectivity index is 1.68. The highest BCUT2D eigenvalue weighted by atomic mass is 79.9. The van der Waals surface area contributed by atoms with Crippen LogP contribution in [0, 0.1) is 0 Å². The number of nitrogens with zero attached hydrogens (tertiary/aromatic N) is 2. The predicted molar refractivity (Wildman–Crippen MR) is 153 cm³/mol. The number of hydrogen-bond acceptors (Lipinski definition) is 4. The molecule has 0 amide bonds. The van der Waals surface area contributed by atoms with Crippen molar-refractivity contribution in [3.05, 3.63) is 118 Å². The highest BCUT2D eigenvalue weighted by Gasteiger charge is 2.47. The van der Waals surface area contributed by atoms with E-state index < -0.39 is 5.60 Å². The Labute approximate surface area is 226 Å². The van der Waals surface area contributed by atoms with Crippen LogP contribution >= 0.6 is 15.9 Å². The average Bonchev–Trinajstić information content (AvgIpc) is 2.94. The van der Waals surface area contributed by atoms with Crippen LogP contribution in [0.4, 0.5) is 0 Å². The smallest absolute Gasteiger partial charge is 0.217 e. The number of rotatable bonds is 5. The van der Waals surface area contributed by atoms with Gasteiger partial charge in [-0.25, -0.2) is 4.98 Å². The van der Waals surface area contributed by atoms with Gasteiger partial charge in [-0.15, -0.1) is 0 Å². The minimum Gasteiger partial charge on any atom is -0.481 e. The summed E-state index contributed by atoms with van der Waals surface area (Å²) in [6.07, 6.45) is 0.830. The molecule has 0 unspecified atom stereocenters. The van der Waals surface area contributed by atoms with E-state index in [9.17, 15) is 0 Å². The monoisotopic (exact) mass is 552 g/mol. The number of benzene rings is 4. The molecule has 6 rings (SSSR count). The number of pyridine rings is 1. The van der Waals surface area contributed by atoms with Crippen molar-refractivity contribution in [2.45, 2.75) is 17.9 Å². The molecule has 1 aliphatic rings. The molecule has 4 aromatic carbocycles. The predicted octanol–water partition coefficient (Wildman–Crippen LogP) is 7.50. The molecule has 1 fully saturated rings. The quantitative estimate of drug-likeness (QED) is 0.226. The van der Waals surface area contributed by atoms with Gasteiger partial charge in [0.05, 0.1) is 12.6 Å². The summed E-state index contributed by atoms with van der Waals surface area (Å²) < 4.78 is 14.0. The molecule has 186 valence electrons. The van der Waals surface area contributed by atoms with Crippen molar-refractivity contribution in [3.8, 4) is 5.88 Å². The van der Waals surface area contributed by atoms with Gasteiger partial charge >= 0.3 is 0 Å². The third-order valence-corrected chi connectivity index (χ3v) is 8.02. The largest absolute Gasteiger partial charge is 0.481 e. The summed E-state index contributed by atoms with van der Waals surface area (Å²) >= 11 is 3.64. The van der Waals surface area contributed by atoms with Gasteiger partial charge in [-0.05, 0) is 59.6 Å². The molecule has 0 spiro atoms. The maximum absolute atomic E-state index is 7.01. The topological polar surface area (TPSA) is 34.6 Å². The van der Waals surface area contributed by atoms with Gasteiger partial charge in [0.15, 0.2) is 0 Å². The van der Waals surface area contributed by atoms with E-state index >= 15 is 0 Å². The Morgan fingerprint density at radius 3 is 2.49 bits per heavy atom. The Bertz CT molecular complexity index is 1560. The highest BCUT2D eigenvalue weighted by molar-refractivity contribution is 9.10. The average molecular weight is 554 g/mol. The van der Waals surface area contributed by atoms with E-state index in [4.69, 9.17) is 14.5 Å². The first-order chi connectivity index (χ1) is 18.1. The lowest BCUT2D eigenvalue weighted by Crippen LogP contribution is -2.47. The SMILES string of the molecule is COc1nc2ccc(Br)cc2cc1[C@@H](c1ccccc1)[C@@]1(c2cccc3ccccc23)CCN(C)CO1. The van der Waals surface area contributed by atoms with Crippen molar-refractivity contribution in [2.24, 2.45) is 0 Å². The number of ether oxygens (including phenoxy) is 2. The van der Waals surface area contributed by atoms with Crippen LogP contribution in [-0.4, -0.2) is 37.3 Å². The molecule has 2 atom stereocenters. The fraction of sp³-hybridized carbons (Fsp3) is 0.219. The molecule has 1 aromatic heterocycles. The van der Waals surface area contributed by atoms with Crippen LogP contribution in [0.5, 0.6) is 5.88 Å². The maximum atomic E-state index is 7.01. The fourth-order valence-corrected chi connectivity index (χ4v) is 6.15. The van der Waals surface area contributed by atoms with Crippen molar-refractivity contribution in [2.75, 3.05) is 27.4 Å². The van der Waals surface area contributed by atoms with Gasteiger partial charge in [-0.3, -0.25) is 4.90 Å². The van der Waals surface area contributed by atoms with Gasteiger partial charge in [-0.1, -0.05) is 88.7 Å². The van der Waals surface area contributed by atoms with E-state index in [2.05, 4.69) is 113 Å². The summed E-state index contributed by atoms with van der Waals surface area (Å²) in [6, 6.07) is 34.2. The van der Waals surface area contributed by atoms with Gasteiger partial charge in [0.1, 0.15) is 12.3 Å². The molecule has 5 aromatic rings. The molecular formula is C32H29BrN2O2. The Morgan fingerprint density at radius 1 is 0.919 bits per heavy atom. The molecule has 0 aliphatic carbocycles. The summed E-state index contributed by atoms with van der Waals surface area (Å²) in [4.78, 5) is 7.20. The number of fused-ring (bicyclic) bond motifs is 2. The van der Waals surface area contributed by atoms with E-state index in [1.54, 1.807) is 7.11 Å². The summed E-state index contributed by atoms with van der Waals surface area (Å²) in [5.74, 6) is 0.491. The molecule has 4 nitrogen and oxygen atoms in total. The second-order valence-electron chi connectivity index (χ2n) is 9.79. The second-order valence-corrected chi connectivity index (χ2v) is 10.7. The fourth-order valence-electron chi connectivity index (χ4n) is 5.77. The summed E-state index contributed by atoms with van der Waals surface area (Å²) in [5, 5.41) is 3.49. The van der Waals surface area contributed by atoms with E-state index in [0.29, 0.717) is 12.6 Å². The normalized spacial score (nSPS) is 19.2. The van der Waals surface area contributed by atoms with Crippen LogP contribution in [0.2, 0.25) is 0 Å². The minimum absolute atomic E-state index is 0.140. The van der Waals surface area contributed by atoms with Crippen molar-refractivity contribution in [1.29, 1.82) is 0 Å². The van der Waals surface area contributed by atoms with Crippen LogP contribution in [-0.2, 0) is 10.3 Å². The van der Waals surface area contributed by atoms with Crippen LogP contribution in [0.25, 0.3) is 21.7 Å². The van der Waals surface area contributed by atoms with E-state index in [1.807, 2.05) is 12.1 Å². The van der Waals surface area contributed by atoms with Gasteiger partial charge in [0, 0.05) is 27.9 Å². The van der Waals surface area contributed by atoms with Crippen molar-refractivity contribution < 1.29 is 9.47 Å². The second kappa shape index (κ2) is 9.90. The molecule has 0 radical (unpaired) electrons.